The highest BCUT2D eigenvalue weighted by atomic mass is 16.5. The molecule has 1 unspecified atom stereocenters. The molecule has 5 heteroatoms. The molecule has 0 aromatic rings. The highest BCUT2D eigenvalue weighted by Crippen LogP contribution is 2.16. The molecule has 0 aromatic carbocycles. The van der Waals surface area contributed by atoms with Gasteiger partial charge in [0, 0.05) is 12.6 Å². The normalized spacial score (nSPS) is 20.1. The summed E-state index contributed by atoms with van der Waals surface area (Å²) in [7, 11) is 1.32. The van der Waals surface area contributed by atoms with Crippen LogP contribution < -0.4 is 0 Å². The molecular formula is C12H21NO4. The number of ether oxygens (including phenoxy) is 2. The van der Waals surface area contributed by atoms with Crippen LogP contribution in [0.15, 0.2) is 0 Å². The van der Waals surface area contributed by atoms with Crippen molar-refractivity contribution in [1.82, 2.24) is 4.90 Å². The Morgan fingerprint density at radius 2 is 2.12 bits per heavy atom. The Morgan fingerprint density at radius 1 is 1.41 bits per heavy atom. The number of esters is 1. The summed E-state index contributed by atoms with van der Waals surface area (Å²) < 4.78 is 10.0. The Bertz CT molecular complexity index is 272. The average Bonchev–Trinajstić information content (AvgIpc) is 2.35. The average molecular weight is 243 g/mol. The number of rotatable bonds is 4. The molecule has 0 aliphatic carbocycles. The van der Waals surface area contributed by atoms with Crippen LogP contribution in [-0.4, -0.2) is 49.2 Å². The van der Waals surface area contributed by atoms with Crippen LogP contribution in [-0.2, 0) is 19.1 Å². The summed E-state index contributed by atoms with van der Waals surface area (Å²) in [4.78, 5) is 25.0. The first-order valence-corrected chi connectivity index (χ1v) is 6.05. The van der Waals surface area contributed by atoms with Crippen LogP contribution in [0.2, 0.25) is 0 Å². The summed E-state index contributed by atoms with van der Waals surface area (Å²) in [5, 5.41) is 0. The second-order valence-electron chi connectivity index (χ2n) is 4.49. The summed E-state index contributed by atoms with van der Waals surface area (Å²) in [6.45, 7) is 4.38. The number of amides is 1. The van der Waals surface area contributed by atoms with Crippen LogP contribution in [0.4, 0.5) is 0 Å². The zero-order chi connectivity index (χ0) is 12.8. The third-order valence-corrected chi connectivity index (χ3v) is 2.89. The fourth-order valence-corrected chi connectivity index (χ4v) is 1.84. The van der Waals surface area contributed by atoms with Crippen molar-refractivity contribution in [3.8, 4) is 0 Å². The Labute approximate surface area is 102 Å². The van der Waals surface area contributed by atoms with Crippen molar-refractivity contribution in [2.24, 2.45) is 0 Å². The third-order valence-electron chi connectivity index (χ3n) is 2.89. The molecule has 5 nitrogen and oxygen atoms in total. The maximum absolute atomic E-state index is 12.2. The molecule has 0 spiro atoms. The molecule has 1 aliphatic rings. The number of methoxy groups -OCH3 is 1. The predicted octanol–water partition coefficient (Wildman–Crippen LogP) is 0.965. The molecule has 1 atom stereocenters. The van der Waals surface area contributed by atoms with Crippen molar-refractivity contribution < 1.29 is 19.1 Å². The molecule has 0 saturated carbocycles. The first kappa shape index (κ1) is 14.0. The van der Waals surface area contributed by atoms with Crippen LogP contribution in [0.5, 0.6) is 0 Å². The first-order valence-electron chi connectivity index (χ1n) is 6.05. The Kier molecular flexibility index (Phi) is 5.41. The number of carbonyl (C=O) groups excluding carboxylic acids is 2. The maximum atomic E-state index is 12.2. The van der Waals surface area contributed by atoms with Crippen LogP contribution in [0.3, 0.4) is 0 Å². The second-order valence-corrected chi connectivity index (χ2v) is 4.49. The van der Waals surface area contributed by atoms with Gasteiger partial charge in [0.15, 0.2) is 0 Å². The summed E-state index contributed by atoms with van der Waals surface area (Å²) in [5.41, 5.74) is 0. The molecule has 1 saturated heterocycles. The largest absolute Gasteiger partial charge is 0.468 e. The lowest BCUT2D eigenvalue weighted by Crippen LogP contribution is -2.47. The molecule has 1 rings (SSSR count). The van der Waals surface area contributed by atoms with E-state index in [9.17, 15) is 9.59 Å². The van der Waals surface area contributed by atoms with E-state index in [2.05, 4.69) is 4.74 Å². The number of hydrogen-bond acceptors (Lipinski definition) is 4. The molecule has 1 fully saturated rings. The summed E-state index contributed by atoms with van der Waals surface area (Å²) >= 11 is 0. The van der Waals surface area contributed by atoms with Gasteiger partial charge in [-0.1, -0.05) is 0 Å². The van der Waals surface area contributed by atoms with Gasteiger partial charge in [0.2, 0.25) is 0 Å². The van der Waals surface area contributed by atoms with E-state index < -0.39 is 12.1 Å². The fraction of sp³-hybridized carbons (Fsp3) is 0.833. The van der Waals surface area contributed by atoms with Crippen molar-refractivity contribution in [3.05, 3.63) is 0 Å². The maximum Gasteiger partial charge on any atom is 0.325 e. The van der Waals surface area contributed by atoms with Gasteiger partial charge in [-0.25, -0.2) is 0 Å². The number of nitrogens with zero attached hydrogens (tertiary/aromatic N) is 1. The second kappa shape index (κ2) is 6.59. The van der Waals surface area contributed by atoms with Gasteiger partial charge in [-0.15, -0.1) is 0 Å². The van der Waals surface area contributed by atoms with Gasteiger partial charge in [0.1, 0.15) is 12.6 Å². The molecule has 1 heterocycles. The molecule has 0 radical (unpaired) electrons. The van der Waals surface area contributed by atoms with E-state index in [1.54, 1.807) is 0 Å². The Morgan fingerprint density at radius 3 is 2.59 bits per heavy atom. The molecular weight excluding hydrogens is 222 g/mol. The summed E-state index contributed by atoms with van der Waals surface area (Å²) in [6.07, 6.45) is 2.35. The van der Waals surface area contributed by atoms with E-state index in [-0.39, 0.29) is 18.5 Å². The molecule has 1 amide bonds. The molecule has 0 aromatic heterocycles. The zero-order valence-electron chi connectivity index (χ0n) is 10.8. The van der Waals surface area contributed by atoms with Crippen molar-refractivity contribution in [3.63, 3.8) is 0 Å². The van der Waals surface area contributed by atoms with Gasteiger partial charge >= 0.3 is 5.97 Å². The van der Waals surface area contributed by atoms with Crippen molar-refractivity contribution in [2.45, 2.75) is 45.3 Å². The van der Waals surface area contributed by atoms with Crippen LogP contribution >= 0.6 is 0 Å². The number of hydrogen-bond donors (Lipinski definition) is 0. The minimum Gasteiger partial charge on any atom is -0.468 e. The van der Waals surface area contributed by atoms with E-state index in [0.29, 0.717) is 6.61 Å². The zero-order valence-corrected chi connectivity index (χ0v) is 10.8. The van der Waals surface area contributed by atoms with Crippen molar-refractivity contribution >= 4 is 11.9 Å². The van der Waals surface area contributed by atoms with Crippen molar-refractivity contribution in [2.75, 3.05) is 20.3 Å². The Balaban J connectivity index is 2.62. The van der Waals surface area contributed by atoms with Gasteiger partial charge in [-0.3, -0.25) is 9.59 Å². The SMILES string of the molecule is COC(=O)CN(C(=O)C1CCCCO1)C(C)C. The highest BCUT2D eigenvalue weighted by Gasteiger charge is 2.29. The van der Waals surface area contributed by atoms with Gasteiger partial charge in [0.25, 0.3) is 5.91 Å². The van der Waals surface area contributed by atoms with Crippen LogP contribution in [0.25, 0.3) is 0 Å². The minimum atomic E-state index is -0.400. The standard InChI is InChI=1S/C12H21NO4/c1-9(2)13(8-11(14)16-3)12(15)10-6-4-5-7-17-10/h9-10H,4-8H2,1-3H3. The lowest BCUT2D eigenvalue weighted by molar-refractivity contribution is -0.155. The predicted molar refractivity (Wildman–Crippen MR) is 62.5 cm³/mol. The quantitative estimate of drug-likeness (QED) is 0.690. The molecule has 0 bridgehead atoms. The fourth-order valence-electron chi connectivity index (χ4n) is 1.84. The highest BCUT2D eigenvalue weighted by molar-refractivity contribution is 5.85. The van der Waals surface area contributed by atoms with Gasteiger partial charge in [0.05, 0.1) is 7.11 Å². The van der Waals surface area contributed by atoms with E-state index in [1.165, 1.54) is 12.0 Å². The summed E-state index contributed by atoms with van der Waals surface area (Å²) in [5.74, 6) is -0.507. The summed E-state index contributed by atoms with van der Waals surface area (Å²) in [6, 6.07) is -0.0351. The Hall–Kier alpha value is -1.10. The van der Waals surface area contributed by atoms with Crippen LogP contribution in [0, 0.1) is 0 Å². The van der Waals surface area contributed by atoms with Gasteiger partial charge < -0.3 is 14.4 Å². The lowest BCUT2D eigenvalue weighted by Gasteiger charge is -2.31. The molecule has 98 valence electrons. The topological polar surface area (TPSA) is 55.8 Å². The first-order chi connectivity index (χ1) is 8.06. The smallest absolute Gasteiger partial charge is 0.325 e. The van der Waals surface area contributed by atoms with Crippen molar-refractivity contribution in [1.29, 1.82) is 0 Å². The number of carbonyl (C=O) groups is 2. The van der Waals surface area contributed by atoms with E-state index in [0.717, 1.165) is 19.3 Å². The third kappa shape index (κ3) is 4.00. The molecule has 1 aliphatic heterocycles. The minimum absolute atomic E-state index is 0.00708. The monoisotopic (exact) mass is 243 g/mol. The van der Waals surface area contributed by atoms with Gasteiger partial charge in [-0.05, 0) is 33.1 Å². The van der Waals surface area contributed by atoms with E-state index in [1.807, 2.05) is 13.8 Å². The van der Waals surface area contributed by atoms with E-state index >= 15 is 0 Å². The van der Waals surface area contributed by atoms with E-state index in [4.69, 9.17) is 4.74 Å². The lowest BCUT2D eigenvalue weighted by atomic mass is 10.1. The molecule has 17 heavy (non-hydrogen) atoms. The van der Waals surface area contributed by atoms with Crippen LogP contribution in [0.1, 0.15) is 33.1 Å². The van der Waals surface area contributed by atoms with Gasteiger partial charge in [-0.2, -0.15) is 0 Å². The molecule has 0 N–H and O–H groups in total.